The average molecular weight is 444 g/mol. The van der Waals surface area contributed by atoms with E-state index in [4.69, 9.17) is 21.1 Å². The molecule has 0 fully saturated rings. The minimum absolute atomic E-state index is 0.174. The Kier molecular flexibility index (Phi) is 7.93. The highest BCUT2D eigenvalue weighted by molar-refractivity contribution is 6.18. The molecule has 0 spiro atoms. The molecule has 0 aliphatic heterocycles. The number of alkyl halides is 1. The number of rotatable bonds is 11. The molecule has 31 heavy (non-hydrogen) atoms. The third kappa shape index (κ3) is 6.45. The monoisotopic (exact) mass is 443 g/mol. The van der Waals surface area contributed by atoms with Crippen molar-refractivity contribution in [2.75, 3.05) is 19.1 Å². The van der Waals surface area contributed by atoms with Gasteiger partial charge in [0.05, 0.1) is 19.3 Å². The molecule has 2 aromatic carbocycles. The van der Waals surface area contributed by atoms with E-state index in [9.17, 15) is 5.11 Å². The summed E-state index contributed by atoms with van der Waals surface area (Å²) < 4.78 is 13.1. The Labute approximate surface area is 188 Å². The van der Waals surface area contributed by atoms with Crippen molar-refractivity contribution >= 4 is 11.6 Å². The lowest BCUT2D eigenvalue weighted by Gasteiger charge is -2.26. The lowest BCUT2D eigenvalue weighted by Crippen LogP contribution is -2.24. The number of aromatic nitrogens is 3. The zero-order valence-corrected chi connectivity index (χ0v) is 19.0. The van der Waals surface area contributed by atoms with Gasteiger partial charge in [-0.3, -0.25) is 0 Å². The second-order valence-corrected chi connectivity index (χ2v) is 8.64. The summed E-state index contributed by atoms with van der Waals surface area (Å²) in [6.45, 7) is 7.59. The Morgan fingerprint density at radius 2 is 1.52 bits per heavy atom. The lowest BCUT2D eigenvalue weighted by atomic mass is 9.78. The summed E-state index contributed by atoms with van der Waals surface area (Å²) in [5, 5.41) is 17.7. The Morgan fingerprint density at radius 3 is 2.00 bits per heavy atom. The minimum atomic E-state index is -0.661. The number of halogens is 1. The molecular formula is C24H30ClN3O3. The van der Waals surface area contributed by atoms with E-state index >= 15 is 0 Å². The number of aliphatic hydroxyl groups is 1. The largest absolute Gasteiger partial charge is 0.493 e. The van der Waals surface area contributed by atoms with E-state index in [1.807, 2.05) is 24.3 Å². The normalized spacial score (nSPS) is 13.6. The molecule has 0 amide bonds. The van der Waals surface area contributed by atoms with Crippen molar-refractivity contribution in [3.8, 4) is 11.5 Å². The predicted molar refractivity (Wildman–Crippen MR) is 122 cm³/mol. The van der Waals surface area contributed by atoms with Crippen molar-refractivity contribution < 1.29 is 14.6 Å². The standard InChI is InChI=1S/C24H30ClN3O3/c1-18(14-25)16-30-22-8-4-19(5-9-22)24(2,3)20-6-10-23(11-7-20)31-17-21(29)15-28-13-12-26-27-28/h4-13,18,21,29H,14-17H2,1-3H3. The van der Waals surface area contributed by atoms with Gasteiger partial charge in [0.25, 0.3) is 0 Å². The van der Waals surface area contributed by atoms with Crippen LogP contribution in [-0.4, -0.2) is 45.3 Å². The van der Waals surface area contributed by atoms with Gasteiger partial charge in [0.1, 0.15) is 24.2 Å². The maximum absolute atomic E-state index is 10.1. The highest BCUT2D eigenvalue weighted by atomic mass is 35.5. The first-order valence-corrected chi connectivity index (χ1v) is 11.0. The third-order valence-electron chi connectivity index (χ3n) is 5.26. The van der Waals surface area contributed by atoms with E-state index in [-0.39, 0.29) is 12.0 Å². The Bertz CT molecular complexity index is 912. The van der Waals surface area contributed by atoms with Crippen molar-refractivity contribution in [3.05, 3.63) is 72.1 Å². The van der Waals surface area contributed by atoms with Gasteiger partial charge in [0.2, 0.25) is 0 Å². The molecule has 0 aliphatic carbocycles. The molecule has 1 aromatic heterocycles. The topological polar surface area (TPSA) is 69.4 Å². The summed E-state index contributed by atoms with van der Waals surface area (Å²) in [4.78, 5) is 0. The highest BCUT2D eigenvalue weighted by Gasteiger charge is 2.23. The number of nitrogens with zero attached hydrogens (tertiary/aromatic N) is 3. The SMILES string of the molecule is CC(CCl)COc1ccc(C(C)(C)c2ccc(OCC(O)Cn3ccnn3)cc2)cc1. The Morgan fingerprint density at radius 1 is 0.968 bits per heavy atom. The quantitative estimate of drug-likeness (QED) is 0.447. The lowest BCUT2D eigenvalue weighted by molar-refractivity contribution is 0.0888. The van der Waals surface area contributed by atoms with Gasteiger partial charge in [-0.05, 0) is 35.4 Å². The average Bonchev–Trinajstić information content (AvgIpc) is 3.29. The molecule has 0 radical (unpaired) electrons. The molecule has 6 nitrogen and oxygen atoms in total. The number of benzene rings is 2. The van der Waals surface area contributed by atoms with Crippen LogP contribution in [0.15, 0.2) is 60.9 Å². The molecule has 2 unspecified atom stereocenters. The molecule has 3 aromatic rings. The van der Waals surface area contributed by atoms with Gasteiger partial charge in [0, 0.05) is 23.4 Å². The molecule has 2 atom stereocenters. The summed E-state index contributed by atoms with van der Waals surface area (Å²) in [7, 11) is 0. The van der Waals surface area contributed by atoms with Crippen molar-refractivity contribution in [3.63, 3.8) is 0 Å². The second kappa shape index (κ2) is 10.6. The van der Waals surface area contributed by atoms with Crippen LogP contribution in [0.2, 0.25) is 0 Å². The van der Waals surface area contributed by atoms with Crippen LogP contribution in [0.1, 0.15) is 31.9 Å². The van der Waals surface area contributed by atoms with Gasteiger partial charge in [0.15, 0.2) is 0 Å². The first-order chi connectivity index (χ1) is 14.9. The van der Waals surface area contributed by atoms with Gasteiger partial charge in [-0.1, -0.05) is 50.3 Å². The van der Waals surface area contributed by atoms with Crippen molar-refractivity contribution in [1.29, 1.82) is 0 Å². The second-order valence-electron chi connectivity index (χ2n) is 8.33. The van der Waals surface area contributed by atoms with E-state index in [2.05, 4.69) is 55.3 Å². The van der Waals surface area contributed by atoms with Crippen LogP contribution in [0.5, 0.6) is 11.5 Å². The van der Waals surface area contributed by atoms with E-state index in [1.165, 1.54) is 11.1 Å². The van der Waals surface area contributed by atoms with E-state index in [0.717, 1.165) is 5.75 Å². The summed E-state index contributed by atoms with van der Waals surface area (Å²) in [5.41, 5.74) is 2.20. The molecule has 0 saturated carbocycles. The van der Waals surface area contributed by atoms with Gasteiger partial charge < -0.3 is 14.6 Å². The molecule has 166 valence electrons. The van der Waals surface area contributed by atoms with Crippen LogP contribution >= 0.6 is 11.6 Å². The van der Waals surface area contributed by atoms with Crippen LogP contribution in [0.4, 0.5) is 0 Å². The van der Waals surface area contributed by atoms with Gasteiger partial charge in [-0.25, -0.2) is 4.68 Å². The molecule has 1 heterocycles. The summed E-state index contributed by atoms with van der Waals surface area (Å²) in [6, 6.07) is 16.2. The molecule has 7 heteroatoms. The number of hydrogen-bond acceptors (Lipinski definition) is 5. The Balaban J connectivity index is 1.57. The molecular weight excluding hydrogens is 414 g/mol. The smallest absolute Gasteiger partial charge is 0.119 e. The predicted octanol–water partition coefficient (Wildman–Crippen LogP) is 4.30. The molecule has 0 saturated heterocycles. The van der Waals surface area contributed by atoms with Gasteiger partial charge >= 0.3 is 0 Å². The van der Waals surface area contributed by atoms with E-state index in [0.29, 0.717) is 30.7 Å². The maximum atomic E-state index is 10.1. The van der Waals surface area contributed by atoms with Crippen molar-refractivity contribution in [1.82, 2.24) is 15.0 Å². The minimum Gasteiger partial charge on any atom is -0.493 e. The third-order valence-corrected chi connectivity index (χ3v) is 5.79. The van der Waals surface area contributed by atoms with Crippen LogP contribution in [0.25, 0.3) is 0 Å². The molecule has 1 N–H and O–H groups in total. The van der Waals surface area contributed by atoms with Crippen LogP contribution in [0.3, 0.4) is 0 Å². The summed E-state index contributed by atoms with van der Waals surface area (Å²) in [6.07, 6.45) is 2.63. The molecule has 3 rings (SSSR count). The van der Waals surface area contributed by atoms with E-state index < -0.39 is 6.10 Å². The van der Waals surface area contributed by atoms with Crippen LogP contribution in [-0.2, 0) is 12.0 Å². The molecule has 0 bridgehead atoms. The fraction of sp³-hybridized carbons (Fsp3) is 0.417. The zero-order valence-electron chi connectivity index (χ0n) is 18.2. The summed E-state index contributed by atoms with van der Waals surface area (Å²) in [5.74, 6) is 2.48. The summed E-state index contributed by atoms with van der Waals surface area (Å²) >= 11 is 5.84. The van der Waals surface area contributed by atoms with Gasteiger partial charge in [-0.2, -0.15) is 0 Å². The first-order valence-electron chi connectivity index (χ1n) is 10.4. The fourth-order valence-electron chi connectivity index (χ4n) is 3.18. The van der Waals surface area contributed by atoms with Crippen molar-refractivity contribution in [2.24, 2.45) is 5.92 Å². The number of hydrogen-bond donors (Lipinski definition) is 1. The van der Waals surface area contributed by atoms with E-state index in [1.54, 1.807) is 17.1 Å². The Hall–Kier alpha value is -2.57. The number of aliphatic hydroxyl groups excluding tert-OH is 1. The molecule has 0 aliphatic rings. The highest BCUT2D eigenvalue weighted by Crippen LogP contribution is 2.33. The zero-order chi connectivity index (χ0) is 22.3. The fourth-order valence-corrected chi connectivity index (χ4v) is 3.27. The van der Waals surface area contributed by atoms with Crippen molar-refractivity contribution in [2.45, 2.75) is 38.8 Å². The first kappa shape index (κ1) is 23.1. The maximum Gasteiger partial charge on any atom is 0.119 e. The van der Waals surface area contributed by atoms with Crippen LogP contribution < -0.4 is 9.47 Å². The van der Waals surface area contributed by atoms with Crippen LogP contribution in [0, 0.1) is 5.92 Å². The number of ether oxygens (including phenoxy) is 2. The van der Waals surface area contributed by atoms with Gasteiger partial charge in [-0.15, -0.1) is 16.7 Å².